The Bertz CT molecular complexity index is 337. The van der Waals surface area contributed by atoms with E-state index in [1.165, 1.54) is 58.2 Å². The normalized spacial score (nSPS) is 21.8. The molecular formula is C18H35N3O2. The Morgan fingerprint density at radius 1 is 0.913 bits per heavy atom. The molecule has 3 N–H and O–H groups in total. The van der Waals surface area contributed by atoms with E-state index in [0.717, 1.165) is 38.6 Å². The van der Waals surface area contributed by atoms with Gasteiger partial charge in [-0.3, -0.25) is 0 Å². The van der Waals surface area contributed by atoms with E-state index in [-0.39, 0.29) is 6.03 Å². The van der Waals surface area contributed by atoms with Gasteiger partial charge in [-0.15, -0.1) is 0 Å². The summed E-state index contributed by atoms with van der Waals surface area (Å²) in [6, 6.07) is -0.139. The number of rotatable bonds is 8. The van der Waals surface area contributed by atoms with E-state index in [4.69, 9.17) is 0 Å². The third-order valence-corrected chi connectivity index (χ3v) is 5.25. The highest BCUT2D eigenvalue weighted by Crippen LogP contribution is 2.27. The molecule has 0 aromatic carbocycles. The molecule has 23 heavy (non-hydrogen) atoms. The van der Waals surface area contributed by atoms with Crippen LogP contribution >= 0.6 is 0 Å². The monoisotopic (exact) mass is 325 g/mol. The Morgan fingerprint density at radius 2 is 1.61 bits per heavy atom. The minimum absolute atomic E-state index is 0.139. The molecule has 1 saturated carbocycles. The van der Waals surface area contributed by atoms with Crippen LogP contribution in [0.5, 0.6) is 0 Å². The SMILES string of the molecule is O=C(NCCCCCN1CCCCC1)NCC1(O)CCCCC1. The van der Waals surface area contributed by atoms with Gasteiger partial charge in [0.2, 0.25) is 0 Å². The molecule has 0 aromatic heterocycles. The number of likely N-dealkylation sites (tertiary alicyclic amines) is 1. The Morgan fingerprint density at radius 3 is 2.35 bits per heavy atom. The topological polar surface area (TPSA) is 64.6 Å². The van der Waals surface area contributed by atoms with Gasteiger partial charge < -0.3 is 20.6 Å². The van der Waals surface area contributed by atoms with Gasteiger partial charge in [0.1, 0.15) is 0 Å². The van der Waals surface area contributed by atoms with Gasteiger partial charge in [0.25, 0.3) is 0 Å². The molecule has 0 aromatic rings. The van der Waals surface area contributed by atoms with Crippen LogP contribution < -0.4 is 10.6 Å². The number of nitrogens with zero attached hydrogens (tertiary/aromatic N) is 1. The first-order valence-corrected chi connectivity index (χ1v) is 9.64. The van der Waals surface area contributed by atoms with Crippen molar-refractivity contribution < 1.29 is 9.90 Å². The summed E-state index contributed by atoms with van der Waals surface area (Å²) in [5.41, 5.74) is -0.677. The summed E-state index contributed by atoms with van der Waals surface area (Å²) in [4.78, 5) is 14.3. The maximum Gasteiger partial charge on any atom is 0.314 e. The zero-order valence-electron chi connectivity index (χ0n) is 14.6. The van der Waals surface area contributed by atoms with Crippen LogP contribution in [-0.2, 0) is 0 Å². The number of amides is 2. The van der Waals surface area contributed by atoms with Crippen LogP contribution in [-0.4, -0.2) is 54.4 Å². The van der Waals surface area contributed by atoms with Crippen molar-refractivity contribution in [1.29, 1.82) is 0 Å². The van der Waals surface area contributed by atoms with Crippen molar-refractivity contribution in [2.45, 2.75) is 76.2 Å². The molecule has 2 rings (SSSR count). The van der Waals surface area contributed by atoms with Gasteiger partial charge in [-0.2, -0.15) is 0 Å². The number of carbonyl (C=O) groups excluding carboxylic acids is 1. The first-order chi connectivity index (χ1) is 11.2. The number of urea groups is 1. The Hall–Kier alpha value is -0.810. The lowest BCUT2D eigenvalue weighted by Crippen LogP contribution is -2.47. The number of unbranched alkanes of at least 4 members (excludes halogenated alkanes) is 2. The predicted molar refractivity (Wildman–Crippen MR) is 93.6 cm³/mol. The van der Waals surface area contributed by atoms with Gasteiger partial charge >= 0.3 is 6.03 Å². The summed E-state index contributed by atoms with van der Waals surface area (Å²) < 4.78 is 0. The van der Waals surface area contributed by atoms with Crippen LogP contribution in [0.25, 0.3) is 0 Å². The Balaban J connectivity index is 1.43. The van der Waals surface area contributed by atoms with Crippen LogP contribution in [0, 0.1) is 0 Å². The quantitative estimate of drug-likeness (QED) is 0.601. The fraction of sp³-hybridized carbons (Fsp3) is 0.944. The number of aliphatic hydroxyl groups is 1. The molecule has 134 valence electrons. The predicted octanol–water partition coefficient (Wildman–Crippen LogP) is 2.64. The lowest BCUT2D eigenvalue weighted by atomic mass is 9.85. The second-order valence-corrected chi connectivity index (χ2v) is 7.36. The van der Waals surface area contributed by atoms with Crippen molar-refractivity contribution in [2.24, 2.45) is 0 Å². The van der Waals surface area contributed by atoms with Crippen molar-refractivity contribution in [3.63, 3.8) is 0 Å². The molecule has 2 amide bonds. The molecule has 1 aliphatic carbocycles. The van der Waals surface area contributed by atoms with Gasteiger partial charge in [-0.1, -0.05) is 32.1 Å². The van der Waals surface area contributed by atoms with Crippen molar-refractivity contribution in [3.8, 4) is 0 Å². The molecule has 1 saturated heterocycles. The summed E-state index contributed by atoms with van der Waals surface area (Å²) in [5.74, 6) is 0. The van der Waals surface area contributed by atoms with E-state index in [1.54, 1.807) is 0 Å². The lowest BCUT2D eigenvalue weighted by Gasteiger charge is -2.32. The van der Waals surface area contributed by atoms with Crippen LogP contribution in [0.4, 0.5) is 4.79 Å². The minimum Gasteiger partial charge on any atom is -0.388 e. The standard InChI is InChI=1S/C18H35N3O2/c22-17(20-16-18(23)10-4-1-5-11-18)19-12-6-2-7-13-21-14-8-3-9-15-21/h23H,1-16H2,(H2,19,20,22). The van der Waals surface area contributed by atoms with Crippen LogP contribution in [0.1, 0.15) is 70.6 Å². The third-order valence-electron chi connectivity index (χ3n) is 5.25. The van der Waals surface area contributed by atoms with Crippen molar-refractivity contribution in [1.82, 2.24) is 15.5 Å². The highest BCUT2D eigenvalue weighted by Gasteiger charge is 2.29. The van der Waals surface area contributed by atoms with Crippen molar-refractivity contribution in [2.75, 3.05) is 32.7 Å². The first-order valence-electron chi connectivity index (χ1n) is 9.64. The second kappa shape index (κ2) is 10.1. The summed E-state index contributed by atoms with van der Waals surface area (Å²) in [6.07, 6.45) is 12.5. The number of nitrogens with one attached hydrogen (secondary N) is 2. The van der Waals surface area contributed by atoms with Crippen LogP contribution in [0.2, 0.25) is 0 Å². The van der Waals surface area contributed by atoms with E-state index in [1.807, 2.05) is 0 Å². The van der Waals surface area contributed by atoms with Crippen molar-refractivity contribution in [3.05, 3.63) is 0 Å². The highest BCUT2D eigenvalue weighted by molar-refractivity contribution is 5.73. The molecule has 5 nitrogen and oxygen atoms in total. The molecule has 0 atom stereocenters. The van der Waals surface area contributed by atoms with E-state index in [9.17, 15) is 9.90 Å². The largest absolute Gasteiger partial charge is 0.388 e. The van der Waals surface area contributed by atoms with Gasteiger partial charge in [0.15, 0.2) is 0 Å². The molecule has 1 aliphatic heterocycles. The summed E-state index contributed by atoms with van der Waals surface area (Å²) in [7, 11) is 0. The second-order valence-electron chi connectivity index (χ2n) is 7.36. The number of piperidine rings is 1. The highest BCUT2D eigenvalue weighted by atomic mass is 16.3. The fourth-order valence-corrected chi connectivity index (χ4v) is 3.72. The average molecular weight is 325 g/mol. The summed E-state index contributed by atoms with van der Waals surface area (Å²) in [6.45, 7) is 4.85. The van der Waals surface area contributed by atoms with Gasteiger partial charge in [-0.25, -0.2) is 4.79 Å². The third kappa shape index (κ3) is 7.53. The smallest absolute Gasteiger partial charge is 0.314 e. The van der Waals surface area contributed by atoms with Crippen LogP contribution in [0.3, 0.4) is 0 Å². The molecule has 0 spiro atoms. The first kappa shape index (κ1) is 18.5. The van der Waals surface area contributed by atoms with E-state index < -0.39 is 5.60 Å². The van der Waals surface area contributed by atoms with Gasteiger partial charge in [-0.05, 0) is 58.2 Å². The number of carbonyl (C=O) groups is 1. The Kier molecular flexibility index (Phi) is 8.17. The molecule has 2 fully saturated rings. The summed E-state index contributed by atoms with van der Waals surface area (Å²) in [5, 5.41) is 16.1. The molecule has 0 bridgehead atoms. The van der Waals surface area contributed by atoms with E-state index >= 15 is 0 Å². The van der Waals surface area contributed by atoms with Crippen LogP contribution in [0.15, 0.2) is 0 Å². The maximum absolute atomic E-state index is 11.8. The van der Waals surface area contributed by atoms with Gasteiger partial charge in [0, 0.05) is 13.1 Å². The fourth-order valence-electron chi connectivity index (χ4n) is 3.72. The molecule has 0 radical (unpaired) electrons. The minimum atomic E-state index is -0.677. The zero-order valence-corrected chi connectivity index (χ0v) is 14.6. The number of hydrogen-bond donors (Lipinski definition) is 3. The lowest BCUT2D eigenvalue weighted by molar-refractivity contribution is 0.00720. The maximum atomic E-state index is 11.8. The zero-order chi connectivity index (χ0) is 16.4. The Labute approximate surface area is 141 Å². The summed E-state index contributed by atoms with van der Waals surface area (Å²) >= 11 is 0. The average Bonchev–Trinajstić information content (AvgIpc) is 2.58. The molecule has 5 heteroatoms. The molecule has 1 heterocycles. The van der Waals surface area contributed by atoms with E-state index in [0.29, 0.717) is 6.54 Å². The molecule has 0 unspecified atom stereocenters. The number of hydrogen-bond acceptors (Lipinski definition) is 3. The van der Waals surface area contributed by atoms with Crippen molar-refractivity contribution >= 4 is 6.03 Å². The molecular weight excluding hydrogens is 290 g/mol. The molecule has 2 aliphatic rings. The van der Waals surface area contributed by atoms with E-state index in [2.05, 4.69) is 15.5 Å². The van der Waals surface area contributed by atoms with Gasteiger partial charge in [0.05, 0.1) is 5.60 Å².